The van der Waals surface area contributed by atoms with E-state index < -0.39 is 11.9 Å². The van der Waals surface area contributed by atoms with Crippen LogP contribution in [-0.2, 0) is 16.1 Å². The van der Waals surface area contributed by atoms with Gasteiger partial charge in [0.1, 0.15) is 11.5 Å². The van der Waals surface area contributed by atoms with Gasteiger partial charge in [0.25, 0.3) is 5.91 Å². The van der Waals surface area contributed by atoms with E-state index in [0.29, 0.717) is 30.2 Å². The van der Waals surface area contributed by atoms with E-state index in [-0.39, 0.29) is 5.91 Å². The zero-order valence-corrected chi connectivity index (χ0v) is 20.1. The second-order valence-electron chi connectivity index (χ2n) is 7.40. The number of ether oxygens (including phenoxy) is 4. The fourth-order valence-corrected chi connectivity index (χ4v) is 3.56. The van der Waals surface area contributed by atoms with E-state index in [2.05, 4.69) is 4.90 Å². The minimum absolute atomic E-state index is 0.0394. The Kier molecular flexibility index (Phi) is 10.2. The van der Waals surface area contributed by atoms with Crippen LogP contribution in [0.25, 0.3) is 0 Å². The van der Waals surface area contributed by atoms with Crippen molar-refractivity contribution in [2.75, 3.05) is 54.6 Å². The maximum Gasteiger partial charge on any atom is 0.414 e. The molecule has 2 N–H and O–H groups in total. The van der Waals surface area contributed by atoms with Gasteiger partial charge in [-0.2, -0.15) is 0 Å². The van der Waals surface area contributed by atoms with Crippen LogP contribution < -0.4 is 18.9 Å². The lowest BCUT2D eigenvalue weighted by atomic mass is 10.1. The Balaban J connectivity index is 0.000000641. The molecule has 1 aliphatic heterocycles. The second-order valence-corrected chi connectivity index (χ2v) is 7.40. The highest BCUT2D eigenvalue weighted by Crippen LogP contribution is 2.32. The Morgan fingerprint density at radius 1 is 0.800 bits per heavy atom. The summed E-state index contributed by atoms with van der Waals surface area (Å²) in [5.74, 6) is -1.07. The molecule has 0 aliphatic carbocycles. The number of aliphatic carboxylic acids is 2. The summed E-state index contributed by atoms with van der Waals surface area (Å²) in [6.07, 6.45) is 0. The van der Waals surface area contributed by atoms with E-state index in [9.17, 15) is 4.79 Å². The first-order valence-corrected chi connectivity index (χ1v) is 10.6. The lowest BCUT2D eigenvalue weighted by molar-refractivity contribution is -0.159. The molecule has 0 bridgehead atoms. The number of carbonyl (C=O) groups is 3. The van der Waals surface area contributed by atoms with Crippen LogP contribution >= 0.6 is 0 Å². The summed E-state index contributed by atoms with van der Waals surface area (Å²) in [6.45, 7) is 3.63. The quantitative estimate of drug-likeness (QED) is 0.554. The number of hydrogen-bond donors (Lipinski definition) is 2. The Bertz CT molecular complexity index is 1020. The van der Waals surface area contributed by atoms with Gasteiger partial charge in [-0.05, 0) is 18.2 Å². The SMILES string of the molecule is COc1ccc(CN2CCN(C(=O)c3cccc(OC)c3OC)CC2)c(OC)c1.O=C(O)C(=O)O. The van der Waals surface area contributed by atoms with Crippen molar-refractivity contribution in [1.29, 1.82) is 0 Å². The minimum Gasteiger partial charge on any atom is -0.497 e. The standard InChI is InChI=1S/C22H28N2O5.C2H2O4/c1-26-17-9-8-16(20(14-17)28-3)15-23-10-12-24(13-11-23)22(25)18-6-5-7-19(27-2)21(18)29-4;3-1(4)2(5)6/h5-9,14H,10-13,15H2,1-4H3;(H,3,4)(H,5,6). The van der Waals surface area contributed by atoms with Crippen LogP contribution in [0.5, 0.6) is 23.0 Å². The molecule has 1 aliphatic rings. The number of hydrogen-bond acceptors (Lipinski definition) is 8. The van der Waals surface area contributed by atoms with Crippen molar-refractivity contribution >= 4 is 17.8 Å². The van der Waals surface area contributed by atoms with Crippen molar-refractivity contribution in [3.63, 3.8) is 0 Å². The molecule has 0 radical (unpaired) electrons. The van der Waals surface area contributed by atoms with E-state index in [1.165, 1.54) is 0 Å². The van der Waals surface area contributed by atoms with Gasteiger partial charge in [-0.3, -0.25) is 9.69 Å². The molecule has 1 amide bonds. The topological polar surface area (TPSA) is 135 Å². The number of nitrogens with zero attached hydrogens (tertiary/aromatic N) is 2. The largest absolute Gasteiger partial charge is 0.497 e. The van der Waals surface area contributed by atoms with Crippen LogP contribution in [0, 0.1) is 0 Å². The zero-order valence-electron chi connectivity index (χ0n) is 20.1. The highest BCUT2D eigenvalue weighted by Gasteiger charge is 2.26. The van der Waals surface area contributed by atoms with E-state index in [4.69, 9.17) is 38.7 Å². The van der Waals surface area contributed by atoms with Crippen LogP contribution in [0.1, 0.15) is 15.9 Å². The number of para-hydroxylation sites is 1. The number of carbonyl (C=O) groups excluding carboxylic acids is 1. The molecule has 190 valence electrons. The van der Waals surface area contributed by atoms with E-state index in [1.54, 1.807) is 46.6 Å². The van der Waals surface area contributed by atoms with Gasteiger partial charge in [-0.25, -0.2) is 9.59 Å². The normalized spacial score (nSPS) is 13.2. The molecule has 11 nitrogen and oxygen atoms in total. The molecular weight excluding hydrogens is 460 g/mol. The average molecular weight is 491 g/mol. The lowest BCUT2D eigenvalue weighted by Gasteiger charge is -2.35. The summed E-state index contributed by atoms with van der Waals surface area (Å²) in [6, 6.07) is 11.2. The van der Waals surface area contributed by atoms with Crippen molar-refractivity contribution in [3.8, 4) is 23.0 Å². The molecule has 35 heavy (non-hydrogen) atoms. The molecule has 1 heterocycles. The van der Waals surface area contributed by atoms with Crippen molar-refractivity contribution in [2.45, 2.75) is 6.54 Å². The first kappa shape index (κ1) is 27.3. The Morgan fingerprint density at radius 3 is 1.94 bits per heavy atom. The number of carboxylic acids is 2. The molecule has 0 spiro atoms. The summed E-state index contributed by atoms with van der Waals surface area (Å²) in [5, 5.41) is 14.8. The first-order valence-electron chi connectivity index (χ1n) is 10.6. The molecular formula is C24H30N2O9. The molecule has 2 aromatic rings. The van der Waals surface area contributed by atoms with Crippen LogP contribution in [0.4, 0.5) is 0 Å². The predicted octanol–water partition coefficient (Wildman–Crippen LogP) is 1.83. The summed E-state index contributed by atoms with van der Waals surface area (Å²) in [5.41, 5.74) is 1.62. The van der Waals surface area contributed by atoms with Gasteiger partial charge in [-0.15, -0.1) is 0 Å². The number of benzene rings is 2. The lowest BCUT2D eigenvalue weighted by Crippen LogP contribution is -2.48. The first-order chi connectivity index (χ1) is 16.7. The third kappa shape index (κ3) is 7.24. The van der Waals surface area contributed by atoms with Crippen LogP contribution in [0.15, 0.2) is 36.4 Å². The number of amides is 1. The predicted molar refractivity (Wildman–Crippen MR) is 126 cm³/mol. The molecule has 2 aromatic carbocycles. The molecule has 3 rings (SSSR count). The third-order valence-corrected chi connectivity index (χ3v) is 5.36. The van der Waals surface area contributed by atoms with Crippen molar-refractivity contribution < 1.29 is 43.5 Å². The molecule has 1 fully saturated rings. The fraction of sp³-hybridized carbons (Fsp3) is 0.375. The maximum absolute atomic E-state index is 13.0. The van der Waals surface area contributed by atoms with Gasteiger partial charge in [-0.1, -0.05) is 12.1 Å². The second kappa shape index (κ2) is 13.0. The van der Waals surface area contributed by atoms with Gasteiger partial charge in [0.15, 0.2) is 11.5 Å². The number of carboxylic acid groups (broad SMARTS) is 2. The molecule has 0 saturated carbocycles. The Hall–Kier alpha value is -3.99. The van der Waals surface area contributed by atoms with Crippen molar-refractivity contribution in [3.05, 3.63) is 47.5 Å². The Labute approximate surface area is 203 Å². The summed E-state index contributed by atoms with van der Waals surface area (Å²) in [4.78, 5) is 35.4. The number of rotatable bonds is 7. The van der Waals surface area contributed by atoms with Crippen LogP contribution in [-0.4, -0.2) is 92.5 Å². The Morgan fingerprint density at radius 2 is 1.43 bits per heavy atom. The van der Waals surface area contributed by atoms with Crippen LogP contribution in [0.3, 0.4) is 0 Å². The van der Waals surface area contributed by atoms with Crippen molar-refractivity contribution in [2.24, 2.45) is 0 Å². The van der Waals surface area contributed by atoms with E-state index in [1.807, 2.05) is 23.1 Å². The van der Waals surface area contributed by atoms with E-state index >= 15 is 0 Å². The van der Waals surface area contributed by atoms with Crippen LogP contribution in [0.2, 0.25) is 0 Å². The maximum atomic E-state index is 13.0. The van der Waals surface area contributed by atoms with E-state index in [0.717, 1.165) is 36.7 Å². The zero-order chi connectivity index (χ0) is 26.0. The van der Waals surface area contributed by atoms with Gasteiger partial charge < -0.3 is 34.1 Å². The van der Waals surface area contributed by atoms with Gasteiger partial charge in [0, 0.05) is 44.4 Å². The molecule has 0 aromatic heterocycles. The fourth-order valence-electron chi connectivity index (χ4n) is 3.56. The van der Waals surface area contributed by atoms with Gasteiger partial charge in [0.05, 0.1) is 34.0 Å². The summed E-state index contributed by atoms with van der Waals surface area (Å²) < 4.78 is 21.5. The third-order valence-electron chi connectivity index (χ3n) is 5.36. The van der Waals surface area contributed by atoms with Gasteiger partial charge in [0.2, 0.25) is 0 Å². The summed E-state index contributed by atoms with van der Waals surface area (Å²) in [7, 11) is 6.42. The summed E-state index contributed by atoms with van der Waals surface area (Å²) >= 11 is 0. The number of piperazine rings is 1. The molecule has 0 unspecified atom stereocenters. The molecule has 0 atom stereocenters. The monoisotopic (exact) mass is 490 g/mol. The molecule has 1 saturated heterocycles. The van der Waals surface area contributed by atoms with Gasteiger partial charge >= 0.3 is 11.9 Å². The molecule has 11 heteroatoms. The van der Waals surface area contributed by atoms with Crippen molar-refractivity contribution in [1.82, 2.24) is 9.80 Å². The highest BCUT2D eigenvalue weighted by atomic mass is 16.5. The minimum atomic E-state index is -1.82. The smallest absolute Gasteiger partial charge is 0.414 e. The average Bonchev–Trinajstić information content (AvgIpc) is 2.88. The highest BCUT2D eigenvalue weighted by molar-refractivity contribution is 6.27. The number of methoxy groups -OCH3 is 4.